The van der Waals surface area contributed by atoms with Gasteiger partial charge in [0.2, 0.25) is 5.91 Å². The Bertz CT molecular complexity index is 920. The smallest absolute Gasteiger partial charge is 0.246 e. The minimum Gasteiger partial charge on any atom is -0.379 e. The number of nitrogens with zero attached hydrogens (tertiary/aromatic N) is 2. The molecule has 0 radical (unpaired) electrons. The molecule has 1 saturated heterocycles. The number of hydrogen-bond donors (Lipinski definition) is 1. The Morgan fingerprint density at radius 3 is 2.69 bits per heavy atom. The molecule has 1 aromatic heterocycles. The average molecular weight is 412 g/mol. The molecule has 1 amide bonds. The van der Waals surface area contributed by atoms with Gasteiger partial charge in [-0.3, -0.25) is 9.69 Å². The summed E-state index contributed by atoms with van der Waals surface area (Å²) in [6.45, 7) is 5.21. The topological polar surface area (TPSA) is 63.7 Å². The predicted octanol–water partition coefficient (Wildman–Crippen LogP) is 2.96. The van der Waals surface area contributed by atoms with E-state index in [0.29, 0.717) is 13.2 Å². The highest BCUT2D eigenvalue weighted by atomic mass is 32.1. The Morgan fingerprint density at radius 2 is 1.86 bits per heavy atom. The molecule has 4 rings (SSSR count). The third kappa shape index (κ3) is 5.61. The fourth-order valence-electron chi connectivity index (χ4n) is 3.34. The summed E-state index contributed by atoms with van der Waals surface area (Å²) in [4.78, 5) is 19.1. The summed E-state index contributed by atoms with van der Waals surface area (Å²) < 4.78 is 12.1. The van der Waals surface area contributed by atoms with Crippen LogP contribution in [0.15, 0.2) is 48.5 Å². The van der Waals surface area contributed by atoms with Crippen molar-refractivity contribution < 1.29 is 14.3 Å². The molecule has 0 bridgehead atoms. The number of rotatable bonds is 8. The highest BCUT2D eigenvalue weighted by Crippen LogP contribution is 2.21. The molecule has 29 heavy (non-hydrogen) atoms. The molecule has 1 aliphatic heterocycles. The quantitative estimate of drug-likeness (QED) is 0.617. The lowest BCUT2D eigenvalue weighted by Gasteiger charge is -2.27. The van der Waals surface area contributed by atoms with Crippen molar-refractivity contribution in [3.05, 3.63) is 64.7 Å². The number of aromatic nitrogens is 1. The molecule has 7 heteroatoms. The number of carbonyl (C=O) groups is 1. The Kier molecular flexibility index (Phi) is 6.84. The zero-order chi connectivity index (χ0) is 19.9. The first kappa shape index (κ1) is 20.0. The van der Waals surface area contributed by atoms with Gasteiger partial charge in [0.25, 0.3) is 0 Å². The molecular formula is C22H25N3O3S. The number of carbonyl (C=O) groups excluding carboxylic acids is 1. The predicted molar refractivity (Wildman–Crippen MR) is 114 cm³/mol. The second kappa shape index (κ2) is 9.93. The van der Waals surface area contributed by atoms with Crippen LogP contribution in [0.4, 0.5) is 0 Å². The van der Waals surface area contributed by atoms with E-state index in [0.717, 1.165) is 53.6 Å². The average Bonchev–Trinajstić information content (AvgIpc) is 3.17. The summed E-state index contributed by atoms with van der Waals surface area (Å²) in [5.41, 5.74) is 3.35. The van der Waals surface area contributed by atoms with Crippen molar-refractivity contribution in [3.63, 3.8) is 0 Å². The molecule has 3 aromatic rings. The van der Waals surface area contributed by atoms with Gasteiger partial charge < -0.3 is 14.8 Å². The maximum Gasteiger partial charge on any atom is 0.246 e. The van der Waals surface area contributed by atoms with Crippen molar-refractivity contribution in [2.45, 2.75) is 19.7 Å². The van der Waals surface area contributed by atoms with Crippen molar-refractivity contribution in [1.29, 1.82) is 0 Å². The fraction of sp³-hybridized carbons (Fsp3) is 0.364. The number of amides is 1. The number of thiazole rings is 1. The standard InChI is InChI=1S/C22H25N3O3S/c26-21(15-28-16-22-24-19-7-3-4-8-20(19)29-22)23-13-17-5-1-2-6-18(17)14-25-9-11-27-12-10-25/h1-8H,9-16H2,(H,23,26). The van der Waals surface area contributed by atoms with E-state index >= 15 is 0 Å². The van der Waals surface area contributed by atoms with E-state index in [-0.39, 0.29) is 12.5 Å². The zero-order valence-corrected chi connectivity index (χ0v) is 17.1. The lowest BCUT2D eigenvalue weighted by Crippen LogP contribution is -2.36. The molecule has 152 valence electrons. The molecule has 1 aliphatic rings. The fourth-order valence-corrected chi connectivity index (χ4v) is 4.25. The molecule has 1 fully saturated rings. The molecular weight excluding hydrogens is 386 g/mol. The summed E-state index contributed by atoms with van der Waals surface area (Å²) in [7, 11) is 0. The molecule has 0 saturated carbocycles. The van der Waals surface area contributed by atoms with Crippen LogP contribution in [0.5, 0.6) is 0 Å². The summed E-state index contributed by atoms with van der Waals surface area (Å²) in [5.74, 6) is -0.118. The van der Waals surface area contributed by atoms with Crippen LogP contribution in [-0.4, -0.2) is 48.7 Å². The van der Waals surface area contributed by atoms with Crippen molar-refractivity contribution in [1.82, 2.24) is 15.2 Å². The van der Waals surface area contributed by atoms with E-state index in [1.54, 1.807) is 11.3 Å². The molecule has 2 heterocycles. The van der Waals surface area contributed by atoms with Gasteiger partial charge in [-0.1, -0.05) is 36.4 Å². The van der Waals surface area contributed by atoms with E-state index in [1.807, 2.05) is 36.4 Å². The van der Waals surface area contributed by atoms with E-state index in [2.05, 4.69) is 27.3 Å². The van der Waals surface area contributed by atoms with Gasteiger partial charge in [-0.05, 0) is 23.3 Å². The lowest BCUT2D eigenvalue weighted by atomic mass is 10.1. The second-order valence-corrected chi connectivity index (χ2v) is 8.12. The summed E-state index contributed by atoms with van der Waals surface area (Å²) in [6, 6.07) is 16.2. The van der Waals surface area contributed by atoms with E-state index in [4.69, 9.17) is 9.47 Å². The summed E-state index contributed by atoms with van der Waals surface area (Å²) >= 11 is 1.60. The van der Waals surface area contributed by atoms with Crippen LogP contribution in [-0.2, 0) is 34.0 Å². The van der Waals surface area contributed by atoms with Crippen LogP contribution in [0.3, 0.4) is 0 Å². The van der Waals surface area contributed by atoms with E-state index < -0.39 is 0 Å². The van der Waals surface area contributed by atoms with Crippen LogP contribution < -0.4 is 5.32 Å². The Hall–Kier alpha value is -2.32. The van der Waals surface area contributed by atoms with Gasteiger partial charge in [-0.15, -0.1) is 11.3 Å². The summed E-state index contributed by atoms with van der Waals surface area (Å²) in [6.07, 6.45) is 0. The second-order valence-electron chi connectivity index (χ2n) is 7.00. The Labute approximate surface area is 174 Å². The van der Waals surface area contributed by atoms with Gasteiger partial charge in [-0.2, -0.15) is 0 Å². The molecule has 0 unspecified atom stereocenters. The minimum atomic E-state index is -0.118. The molecule has 0 spiro atoms. The molecule has 2 aromatic carbocycles. The largest absolute Gasteiger partial charge is 0.379 e. The Morgan fingerprint density at radius 1 is 1.10 bits per heavy atom. The van der Waals surface area contributed by atoms with Crippen LogP contribution >= 0.6 is 11.3 Å². The zero-order valence-electron chi connectivity index (χ0n) is 16.3. The number of fused-ring (bicyclic) bond motifs is 1. The number of hydrogen-bond acceptors (Lipinski definition) is 6. The van der Waals surface area contributed by atoms with Gasteiger partial charge in [0.1, 0.15) is 11.6 Å². The first-order chi connectivity index (χ1) is 14.3. The van der Waals surface area contributed by atoms with Crippen LogP contribution in [0.2, 0.25) is 0 Å². The highest BCUT2D eigenvalue weighted by molar-refractivity contribution is 7.18. The first-order valence-electron chi connectivity index (χ1n) is 9.84. The van der Waals surface area contributed by atoms with Crippen molar-refractivity contribution in [2.75, 3.05) is 32.9 Å². The molecule has 0 atom stereocenters. The molecule has 6 nitrogen and oxygen atoms in total. The number of morpholine rings is 1. The van der Waals surface area contributed by atoms with Crippen molar-refractivity contribution in [3.8, 4) is 0 Å². The van der Waals surface area contributed by atoms with Crippen LogP contribution in [0.25, 0.3) is 10.2 Å². The molecule has 1 N–H and O–H groups in total. The van der Waals surface area contributed by atoms with Gasteiger partial charge in [0, 0.05) is 26.2 Å². The maximum absolute atomic E-state index is 12.2. The van der Waals surface area contributed by atoms with E-state index in [1.165, 1.54) is 5.56 Å². The van der Waals surface area contributed by atoms with E-state index in [9.17, 15) is 4.79 Å². The van der Waals surface area contributed by atoms with Gasteiger partial charge in [-0.25, -0.2) is 4.98 Å². The lowest BCUT2D eigenvalue weighted by molar-refractivity contribution is -0.126. The van der Waals surface area contributed by atoms with Crippen molar-refractivity contribution >= 4 is 27.5 Å². The van der Waals surface area contributed by atoms with Gasteiger partial charge in [0.15, 0.2) is 0 Å². The highest BCUT2D eigenvalue weighted by Gasteiger charge is 2.13. The van der Waals surface area contributed by atoms with Crippen LogP contribution in [0.1, 0.15) is 16.1 Å². The number of benzene rings is 2. The third-order valence-corrected chi connectivity index (χ3v) is 5.90. The number of nitrogens with one attached hydrogen (secondary N) is 1. The number of para-hydroxylation sites is 1. The third-order valence-electron chi connectivity index (χ3n) is 4.89. The van der Waals surface area contributed by atoms with Crippen molar-refractivity contribution in [2.24, 2.45) is 0 Å². The maximum atomic E-state index is 12.2. The van der Waals surface area contributed by atoms with Gasteiger partial charge >= 0.3 is 0 Å². The minimum absolute atomic E-state index is 0.0293. The van der Waals surface area contributed by atoms with Gasteiger partial charge in [0.05, 0.1) is 30.0 Å². The number of ether oxygens (including phenoxy) is 2. The SMILES string of the molecule is O=C(COCc1nc2ccccc2s1)NCc1ccccc1CN1CCOCC1. The molecule has 0 aliphatic carbocycles. The monoisotopic (exact) mass is 411 g/mol. The normalized spacial score (nSPS) is 14.9. The summed E-state index contributed by atoms with van der Waals surface area (Å²) in [5, 5.41) is 3.85. The van der Waals surface area contributed by atoms with Crippen LogP contribution in [0, 0.1) is 0 Å². The first-order valence-corrected chi connectivity index (χ1v) is 10.7. The Balaban J connectivity index is 1.24.